The van der Waals surface area contributed by atoms with Crippen LogP contribution in [0, 0.1) is 5.82 Å². The maximum atomic E-state index is 13.0. The van der Waals surface area contributed by atoms with Crippen molar-refractivity contribution in [2.75, 3.05) is 5.75 Å². The number of halogens is 2. The lowest BCUT2D eigenvalue weighted by Crippen LogP contribution is -2.10. The molecule has 18 heavy (non-hydrogen) atoms. The summed E-state index contributed by atoms with van der Waals surface area (Å²) in [7, 11) is -1.52. The normalized spacial score (nSPS) is 12.3. The molecule has 0 radical (unpaired) electrons. The Balaban J connectivity index is 2.13. The largest absolute Gasteiger partial charge is 0.292 e. The van der Waals surface area contributed by atoms with Crippen LogP contribution in [0.25, 0.3) is 0 Å². The number of hydrogen-bond donors (Lipinski definition) is 0. The van der Waals surface area contributed by atoms with Crippen molar-refractivity contribution in [1.82, 2.24) is 0 Å². The van der Waals surface area contributed by atoms with Crippen LogP contribution >= 0.6 is 27.3 Å². The molecule has 0 amide bonds. The molecule has 0 aliphatic heterocycles. The van der Waals surface area contributed by atoms with Crippen LogP contribution in [-0.4, -0.2) is 15.7 Å². The van der Waals surface area contributed by atoms with Gasteiger partial charge in [-0.15, -0.1) is 11.3 Å². The fourth-order valence-corrected chi connectivity index (χ4v) is 4.02. The van der Waals surface area contributed by atoms with Crippen molar-refractivity contribution >= 4 is 43.8 Å². The molecule has 94 valence electrons. The predicted octanol–water partition coefficient (Wildman–Crippen LogP) is 3.64. The van der Waals surface area contributed by atoms with Gasteiger partial charge in [0.1, 0.15) is 5.82 Å². The second kappa shape index (κ2) is 5.86. The van der Waals surface area contributed by atoms with E-state index >= 15 is 0 Å². The first-order chi connectivity index (χ1) is 8.58. The number of benzene rings is 1. The zero-order valence-electron chi connectivity index (χ0n) is 9.06. The van der Waals surface area contributed by atoms with Gasteiger partial charge in [0.05, 0.1) is 21.4 Å². The Bertz CT molecular complexity index is 610. The van der Waals surface area contributed by atoms with Gasteiger partial charge in [-0.1, -0.05) is 6.07 Å². The molecule has 2 nitrogen and oxygen atoms in total. The molecular formula is C12H8BrFO2S2. The molecule has 2 aromatic rings. The van der Waals surface area contributed by atoms with E-state index in [4.69, 9.17) is 0 Å². The van der Waals surface area contributed by atoms with Gasteiger partial charge in [-0.3, -0.25) is 9.00 Å². The summed E-state index contributed by atoms with van der Waals surface area (Å²) in [5, 5.41) is 1.78. The smallest absolute Gasteiger partial charge is 0.186 e. The molecule has 1 atom stereocenters. The van der Waals surface area contributed by atoms with Gasteiger partial charge in [0.2, 0.25) is 0 Å². The van der Waals surface area contributed by atoms with E-state index in [2.05, 4.69) is 15.9 Å². The fraction of sp³-hybridized carbons (Fsp3) is 0.0833. The Kier molecular flexibility index (Phi) is 4.42. The molecule has 0 bridgehead atoms. The molecule has 0 saturated carbocycles. The zero-order valence-corrected chi connectivity index (χ0v) is 12.3. The van der Waals surface area contributed by atoms with E-state index < -0.39 is 16.6 Å². The van der Waals surface area contributed by atoms with Crippen molar-refractivity contribution in [3.63, 3.8) is 0 Å². The summed E-state index contributed by atoms with van der Waals surface area (Å²) < 4.78 is 25.6. The molecule has 1 aromatic heterocycles. The molecule has 2 rings (SSSR count). The Morgan fingerprint density at radius 2 is 2.17 bits per heavy atom. The Labute approximate surface area is 118 Å². The predicted molar refractivity (Wildman–Crippen MR) is 74.0 cm³/mol. The summed E-state index contributed by atoms with van der Waals surface area (Å²) in [4.78, 5) is 12.8. The first-order valence-electron chi connectivity index (χ1n) is 4.98. The summed E-state index contributed by atoms with van der Waals surface area (Å²) in [6.07, 6.45) is 0. The molecule has 1 aromatic carbocycles. The SMILES string of the molecule is O=C(CS(=O)c1cccc(F)c1)c1sccc1Br. The zero-order chi connectivity index (χ0) is 13.1. The maximum Gasteiger partial charge on any atom is 0.186 e. The summed E-state index contributed by atoms with van der Waals surface area (Å²) in [5.41, 5.74) is 0. The minimum absolute atomic E-state index is 0.136. The summed E-state index contributed by atoms with van der Waals surface area (Å²) in [5.74, 6) is -0.798. The molecule has 1 unspecified atom stereocenters. The topological polar surface area (TPSA) is 34.1 Å². The molecule has 0 saturated heterocycles. The Hall–Kier alpha value is -0.850. The third kappa shape index (κ3) is 3.13. The average molecular weight is 347 g/mol. The molecule has 0 aliphatic carbocycles. The van der Waals surface area contributed by atoms with Gasteiger partial charge in [-0.05, 0) is 45.6 Å². The highest BCUT2D eigenvalue weighted by atomic mass is 79.9. The van der Waals surface area contributed by atoms with Gasteiger partial charge in [0.15, 0.2) is 5.78 Å². The van der Waals surface area contributed by atoms with Crippen LogP contribution in [0.5, 0.6) is 0 Å². The van der Waals surface area contributed by atoms with E-state index in [1.807, 2.05) is 0 Å². The van der Waals surface area contributed by atoms with Crippen molar-refractivity contribution in [2.24, 2.45) is 0 Å². The van der Waals surface area contributed by atoms with E-state index in [9.17, 15) is 13.4 Å². The number of carbonyl (C=O) groups excluding carboxylic acids is 1. The van der Waals surface area contributed by atoms with Crippen LogP contribution in [0.4, 0.5) is 4.39 Å². The van der Waals surface area contributed by atoms with Gasteiger partial charge in [0.25, 0.3) is 0 Å². The van der Waals surface area contributed by atoms with E-state index in [0.29, 0.717) is 14.2 Å². The third-order valence-electron chi connectivity index (χ3n) is 2.19. The molecule has 1 heterocycles. The lowest BCUT2D eigenvalue weighted by atomic mass is 10.3. The fourth-order valence-electron chi connectivity index (χ4n) is 1.37. The van der Waals surface area contributed by atoms with Crippen molar-refractivity contribution < 1.29 is 13.4 Å². The van der Waals surface area contributed by atoms with Crippen molar-refractivity contribution in [3.8, 4) is 0 Å². The van der Waals surface area contributed by atoms with E-state index in [0.717, 1.165) is 0 Å². The standard InChI is InChI=1S/C12H8BrFO2S2/c13-10-4-5-17-12(10)11(15)7-18(16)9-3-1-2-8(14)6-9/h1-6H,7H2. The maximum absolute atomic E-state index is 13.0. The molecule has 0 N–H and O–H groups in total. The first-order valence-corrected chi connectivity index (χ1v) is 7.97. The van der Waals surface area contributed by atoms with Gasteiger partial charge < -0.3 is 0 Å². The van der Waals surface area contributed by atoms with Gasteiger partial charge in [-0.2, -0.15) is 0 Å². The van der Waals surface area contributed by atoms with Crippen LogP contribution in [0.15, 0.2) is 45.1 Å². The number of ketones is 1. The van der Waals surface area contributed by atoms with Gasteiger partial charge in [0, 0.05) is 9.37 Å². The lowest BCUT2D eigenvalue weighted by Gasteiger charge is -2.01. The van der Waals surface area contributed by atoms with Crippen LogP contribution < -0.4 is 0 Å². The number of hydrogen-bond acceptors (Lipinski definition) is 3. The second-order valence-corrected chi connectivity index (χ2v) is 6.69. The monoisotopic (exact) mass is 346 g/mol. The number of carbonyl (C=O) groups is 1. The number of thiophene rings is 1. The van der Waals surface area contributed by atoms with E-state index in [1.54, 1.807) is 17.5 Å². The van der Waals surface area contributed by atoms with Crippen LogP contribution in [0.3, 0.4) is 0 Å². The molecule has 0 spiro atoms. The third-order valence-corrected chi connectivity index (χ3v) is 5.37. The minimum Gasteiger partial charge on any atom is -0.292 e. The van der Waals surface area contributed by atoms with Crippen LogP contribution in [0.2, 0.25) is 0 Å². The average Bonchev–Trinajstić information content (AvgIpc) is 2.75. The highest BCUT2D eigenvalue weighted by Crippen LogP contribution is 2.23. The minimum atomic E-state index is -1.52. The molecule has 6 heteroatoms. The second-order valence-electron chi connectivity index (χ2n) is 3.47. The quantitative estimate of drug-likeness (QED) is 0.792. The van der Waals surface area contributed by atoms with E-state index in [1.165, 1.54) is 29.5 Å². The van der Waals surface area contributed by atoms with Gasteiger partial charge >= 0.3 is 0 Å². The molecular weight excluding hydrogens is 339 g/mol. The summed E-state index contributed by atoms with van der Waals surface area (Å²) in [6, 6.07) is 7.26. The molecule has 0 aliphatic rings. The van der Waals surface area contributed by atoms with Crippen molar-refractivity contribution in [3.05, 3.63) is 50.9 Å². The number of Topliss-reactive ketones (excluding diaryl/α,β-unsaturated/α-hetero) is 1. The lowest BCUT2D eigenvalue weighted by molar-refractivity contribution is 0.102. The van der Waals surface area contributed by atoms with Crippen LogP contribution in [0.1, 0.15) is 9.67 Å². The van der Waals surface area contributed by atoms with E-state index in [-0.39, 0.29) is 11.5 Å². The Morgan fingerprint density at radius 3 is 2.78 bits per heavy atom. The molecule has 0 fully saturated rings. The first kappa shape index (κ1) is 13.6. The van der Waals surface area contributed by atoms with Crippen LogP contribution in [-0.2, 0) is 10.8 Å². The highest BCUT2D eigenvalue weighted by Gasteiger charge is 2.16. The van der Waals surface area contributed by atoms with Crippen molar-refractivity contribution in [1.29, 1.82) is 0 Å². The summed E-state index contributed by atoms with van der Waals surface area (Å²) >= 11 is 4.55. The Morgan fingerprint density at radius 1 is 1.39 bits per heavy atom. The summed E-state index contributed by atoms with van der Waals surface area (Å²) in [6.45, 7) is 0. The highest BCUT2D eigenvalue weighted by molar-refractivity contribution is 9.10. The van der Waals surface area contributed by atoms with Gasteiger partial charge in [-0.25, -0.2) is 4.39 Å². The number of rotatable bonds is 4. The van der Waals surface area contributed by atoms with Crippen molar-refractivity contribution in [2.45, 2.75) is 4.90 Å².